The first-order valence-corrected chi connectivity index (χ1v) is 8.04. The Kier molecular flexibility index (Phi) is 4.75. The summed E-state index contributed by atoms with van der Waals surface area (Å²) in [4.78, 5) is 11.1. The molecule has 0 aliphatic carbocycles. The number of ether oxygens (including phenoxy) is 1. The summed E-state index contributed by atoms with van der Waals surface area (Å²) >= 11 is 0. The summed E-state index contributed by atoms with van der Waals surface area (Å²) in [5.41, 5.74) is 4.11. The van der Waals surface area contributed by atoms with Crippen LogP contribution in [0.1, 0.15) is 29.3 Å². The minimum atomic E-state index is -0.190. The quantitative estimate of drug-likeness (QED) is 0.772. The molecule has 4 nitrogen and oxygen atoms in total. The highest BCUT2D eigenvalue weighted by Gasteiger charge is 2.05. The van der Waals surface area contributed by atoms with Crippen LogP contribution < -0.4 is 10.3 Å². The second kappa shape index (κ2) is 7.13. The zero-order valence-corrected chi connectivity index (χ0v) is 13.9. The average molecular weight is 320 g/mol. The number of hydrogen-bond donors (Lipinski definition) is 1. The molecule has 0 saturated heterocycles. The van der Waals surface area contributed by atoms with Crippen LogP contribution in [0.2, 0.25) is 0 Å². The lowest BCUT2D eigenvalue weighted by molar-refractivity contribution is 0.481. The van der Waals surface area contributed by atoms with Crippen LogP contribution >= 0.6 is 0 Å². The number of rotatable bonds is 5. The van der Waals surface area contributed by atoms with Gasteiger partial charge in [-0.1, -0.05) is 25.1 Å². The molecule has 4 heteroatoms. The lowest BCUT2D eigenvalue weighted by Crippen LogP contribution is -2.07. The molecule has 3 rings (SSSR count). The summed E-state index contributed by atoms with van der Waals surface area (Å²) < 4.78 is 6.02. The van der Waals surface area contributed by atoms with Crippen LogP contribution in [0.3, 0.4) is 0 Å². The van der Waals surface area contributed by atoms with Gasteiger partial charge in [0.15, 0.2) is 0 Å². The van der Waals surface area contributed by atoms with Gasteiger partial charge in [-0.25, -0.2) is 5.10 Å². The van der Waals surface area contributed by atoms with Gasteiger partial charge < -0.3 is 4.74 Å². The van der Waals surface area contributed by atoms with E-state index in [4.69, 9.17) is 4.74 Å². The van der Waals surface area contributed by atoms with E-state index in [1.807, 2.05) is 37.3 Å². The molecule has 0 atom stereocenters. The maximum atomic E-state index is 11.1. The fourth-order valence-corrected chi connectivity index (χ4v) is 2.59. The van der Waals surface area contributed by atoms with Gasteiger partial charge >= 0.3 is 0 Å². The topological polar surface area (TPSA) is 55.0 Å². The van der Waals surface area contributed by atoms with Crippen LogP contribution in [0.25, 0.3) is 0 Å². The highest BCUT2D eigenvalue weighted by Crippen LogP contribution is 2.25. The van der Waals surface area contributed by atoms with Crippen LogP contribution in [0.5, 0.6) is 11.5 Å². The fourth-order valence-electron chi connectivity index (χ4n) is 2.59. The summed E-state index contributed by atoms with van der Waals surface area (Å²) in [5, 5.41) is 6.55. The smallest absolute Gasteiger partial charge is 0.264 e. The molecule has 1 aromatic heterocycles. The largest absolute Gasteiger partial charge is 0.457 e. The van der Waals surface area contributed by atoms with Gasteiger partial charge in [0.05, 0.1) is 5.69 Å². The fraction of sp³-hybridized carbons (Fsp3) is 0.200. The number of nitrogens with one attached hydrogen (secondary N) is 1. The molecule has 122 valence electrons. The lowest BCUT2D eigenvalue weighted by Gasteiger charge is -2.11. The summed E-state index contributed by atoms with van der Waals surface area (Å²) in [6, 6.07) is 17.5. The van der Waals surface area contributed by atoms with E-state index in [0.717, 1.165) is 34.7 Å². The third-order valence-electron chi connectivity index (χ3n) is 3.78. The summed E-state index contributed by atoms with van der Waals surface area (Å²) in [6.45, 7) is 4.16. The maximum Gasteiger partial charge on any atom is 0.264 e. The predicted octanol–water partition coefficient (Wildman–Crippen LogP) is 4.02. The van der Waals surface area contributed by atoms with Gasteiger partial charge in [0, 0.05) is 12.5 Å². The van der Waals surface area contributed by atoms with E-state index in [1.165, 1.54) is 11.6 Å². The molecule has 0 spiro atoms. The third kappa shape index (κ3) is 4.10. The number of aromatic nitrogens is 2. The Hall–Kier alpha value is -2.88. The molecule has 3 aromatic rings. The van der Waals surface area contributed by atoms with Crippen molar-refractivity contribution in [2.24, 2.45) is 0 Å². The van der Waals surface area contributed by atoms with Crippen LogP contribution in [0.15, 0.2) is 59.4 Å². The molecule has 0 amide bonds. The first-order valence-electron chi connectivity index (χ1n) is 8.04. The van der Waals surface area contributed by atoms with Gasteiger partial charge in [0.25, 0.3) is 5.56 Å². The van der Waals surface area contributed by atoms with Crippen molar-refractivity contribution in [1.29, 1.82) is 0 Å². The molecule has 1 N–H and O–H groups in total. The van der Waals surface area contributed by atoms with Crippen molar-refractivity contribution in [1.82, 2.24) is 10.2 Å². The number of benzene rings is 2. The van der Waals surface area contributed by atoms with Crippen molar-refractivity contribution in [3.63, 3.8) is 0 Å². The van der Waals surface area contributed by atoms with Crippen molar-refractivity contribution >= 4 is 0 Å². The SMILES string of the molecule is CCc1cc(Cc2ccc(=O)[nH]n2)cc(Oc2cccc(C)c2)c1. The average Bonchev–Trinajstić information content (AvgIpc) is 2.57. The monoisotopic (exact) mass is 320 g/mol. The molecule has 24 heavy (non-hydrogen) atoms. The molecule has 2 aromatic carbocycles. The molecule has 0 radical (unpaired) electrons. The van der Waals surface area contributed by atoms with E-state index in [9.17, 15) is 4.79 Å². The molecule has 0 bridgehead atoms. The van der Waals surface area contributed by atoms with Gasteiger partial charge in [-0.05, 0) is 60.4 Å². The van der Waals surface area contributed by atoms with Crippen LogP contribution in [-0.2, 0) is 12.8 Å². The second-order valence-electron chi connectivity index (χ2n) is 5.85. The lowest BCUT2D eigenvalue weighted by atomic mass is 10.0. The van der Waals surface area contributed by atoms with Crippen molar-refractivity contribution in [3.05, 3.63) is 87.3 Å². The molecule has 1 heterocycles. The normalized spacial score (nSPS) is 10.6. The highest BCUT2D eigenvalue weighted by molar-refractivity contribution is 5.40. The van der Waals surface area contributed by atoms with E-state index in [2.05, 4.69) is 29.3 Å². The van der Waals surface area contributed by atoms with E-state index >= 15 is 0 Å². The van der Waals surface area contributed by atoms with Gasteiger partial charge in [-0.3, -0.25) is 4.79 Å². The first-order chi connectivity index (χ1) is 11.6. The minimum absolute atomic E-state index is 0.190. The third-order valence-corrected chi connectivity index (χ3v) is 3.78. The standard InChI is InChI=1S/C20H20N2O2/c1-3-15-10-16(11-17-7-8-20(23)22-21-17)13-19(12-15)24-18-6-4-5-14(2)9-18/h4-10,12-13H,3,11H2,1-2H3,(H,22,23). The molecule has 0 saturated carbocycles. The van der Waals surface area contributed by atoms with Crippen molar-refractivity contribution in [3.8, 4) is 11.5 Å². The molecular formula is C20H20N2O2. The number of hydrogen-bond acceptors (Lipinski definition) is 3. The van der Waals surface area contributed by atoms with E-state index in [0.29, 0.717) is 6.42 Å². The Balaban J connectivity index is 1.87. The molecule has 0 unspecified atom stereocenters. The predicted molar refractivity (Wildman–Crippen MR) is 94.7 cm³/mol. The number of nitrogens with zero attached hydrogens (tertiary/aromatic N) is 1. The van der Waals surface area contributed by atoms with Crippen LogP contribution in [-0.4, -0.2) is 10.2 Å². The molecular weight excluding hydrogens is 300 g/mol. The minimum Gasteiger partial charge on any atom is -0.457 e. The van der Waals surface area contributed by atoms with E-state index < -0.39 is 0 Å². The van der Waals surface area contributed by atoms with Crippen molar-refractivity contribution < 1.29 is 4.74 Å². The van der Waals surface area contributed by atoms with E-state index in [1.54, 1.807) is 6.07 Å². The number of aryl methyl sites for hydroxylation is 2. The zero-order chi connectivity index (χ0) is 16.9. The van der Waals surface area contributed by atoms with Crippen molar-refractivity contribution in [2.75, 3.05) is 0 Å². The zero-order valence-electron chi connectivity index (χ0n) is 13.9. The summed E-state index contributed by atoms with van der Waals surface area (Å²) in [7, 11) is 0. The Morgan fingerprint density at radius 3 is 2.54 bits per heavy atom. The molecule has 0 fully saturated rings. The maximum absolute atomic E-state index is 11.1. The highest BCUT2D eigenvalue weighted by atomic mass is 16.5. The summed E-state index contributed by atoms with van der Waals surface area (Å²) in [5.74, 6) is 1.65. The van der Waals surface area contributed by atoms with Crippen molar-refractivity contribution in [2.45, 2.75) is 26.7 Å². The van der Waals surface area contributed by atoms with Gasteiger partial charge in [-0.15, -0.1) is 0 Å². The number of H-pyrrole nitrogens is 1. The summed E-state index contributed by atoms with van der Waals surface area (Å²) in [6.07, 6.45) is 1.58. The Bertz CT molecular complexity index is 880. The van der Waals surface area contributed by atoms with E-state index in [-0.39, 0.29) is 5.56 Å². The van der Waals surface area contributed by atoms with Gasteiger partial charge in [0.1, 0.15) is 11.5 Å². The second-order valence-corrected chi connectivity index (χ2v) is 5.85. The Morgan fingerprint density at radius 2 is 1.83 bits per heavy atom. The Labute approximate surface area is 141 Å². The Morgan fingerprint density at radius 1 is 1.00 bits per heavy atom. The van der Waals surface area contributed by atoms with Gasteiger partial charge in [0.2, 0.25) is 0 Å². The number of aromatic amines is 1. The van der Waals surface area contributed by atoms with Crippen LogP contribution in [0.4, 0.5) is 0 Å². The molecule has 0 aliphatic rings. The first kappa shape index (κ1) is 16.0. The van der Waals surface area contributed by atoms with Gasteiger partial charge in [-0.2, -0.15) is 5.10 Å². The molecule has 0 aliphatic heterocycles. The van der Waals surface area contributed by atoms with Crippen LogP contribution in [0, 0.1) is 6.92 Å².